The van der Waals surface area contributed by atoms with Crippen molar-refractivity contribution in [3.8, 4) is 34.5 Å². The monoisotopic (exact) mass is 794 g/mol. The first kappa shape index (κ1) is 46.2. The second kappa shape index (κ2) is 26.6. The lowest BCUT2D eigenvalue weighted by Crippen LogP contribution is -2.18. The third kappa shape index (κ3) is 18.2. The van der Waals surface area contributed by atoms with Crippen LogP contribution in [0.1, 0.15) is 77.2 Å². The van der Waals surface area contributed by atoms with Crippen LogP contribution in [0.4, 0.5) is 0 Å². The van der Waals surface area contributed by atoms with Gasteiger partial charge in [0.05, 0.1) is 26.4 Å². The number of hydrogen-bond donors (Lipinski definition) is 0. The molecule has 1 unspecified atom stereocenters. The Morgan fingerprint density at radius 1 is 0.586 bits per heavy atom. The molecule has 58 heavy (non-hydrogen) atoms. The molecule has 0 radical (unpaired) electrons. The van der Waals surface area contributed by atoms with E-state index in [2.05, 4.69) is 32.9 Å². The Morgan fingerprint density at radius 2 is 1.05 bits per heavy atom. The Labute approximate surface area is 344 Å². The number of carbonyl (C=O) groups is 2. The summed E-state index contributed by atoms with van der Waals surface area (Å²) in [6.45, 7) is 24.8. The Balaban J connectivity index is 1.42. The van der Waals surface area contributed by atoms with Gasteiger partial charge in [-0.25, -0.2) is 9.59 Å². The molecule has 0 spiro atoms. The van der Waals surface area contributed by atoms with Crippen molar-refractivity contribution < 1.29 is 47.5 Å². The second-order valence-electron chi connectivity index (χ2n) is 13.1. The van der Waals surface area contributed by atoms with Gasteiger partial charge in [-0.05, 0) is 131 Å². The van der Waals surface area contributed by atoms with E-state index in [0.29, 0.717) is 55.2 Å². The average Bonchev–Trinajstić information content (AvgIpc) is 3.23. The molecule has 0 aromatic heterocycles. The molecule has 0 aliphatic carbocycles. The quantitative estimate of drug-likeness (QED) is 0.0213. The normalized spacial score (nSPS) is 11.1. The predicted octanol–water partition coefficient (Wildman–Crippen LogP) is 11.3. The lowest BCUT2D eigenvalue weighted by molar-refractivity contribution is -0.138. The minimum atomic E-state index is -0.442. The van der Waals surface area contributed by atoms with Gasteiger partial charge >= 0.3 is 11.9 Å². The molecule has 0 bridgehead atoms. The molecule has 0 fully saturated rings. The first-order chi connectivity index (χ1) is 28.1. The van der Waals surface area contributed by atoms with Gasteiger partial charge in [-0.2, -0.15) is 0 Å². The van der Waals surface area contributed by atoms with E-state index in [9.17, 15) is 9.59 Å². The first-order valence-electron chi connectivity index (χ1n) is 19.7. The van der Waals surface area contributed by atoms with Crippen LogP contribution in [0.15, 0.2) is 135 Å². The molecule has 0 aliphatic rings. The van der Waals surface area contributed by atoms with Gasteiger partial charge in [-0.3, -0.25) is 0 Å². The zero-order valence-electron chi connectivity index (χ0n) is 34.0. The van der Waals surface area contributed by atoms with E-state index in [1.54, 1.807) is 24.3 Å². The predicted molar refractivity (Wildman–Crippen MR) is 228 cm³/mol. The van der Waals surface area contributed by atoms with Crippen LogP contribution < -0.4 is 28.4 Å². The Morgan fingerprint density at radius 3 is 1.57 bits per heavy atom. The van der Waals surface area contributed by atoms with E-state index in [0.717, 1.165) is 74.8 Å². The summed E-state index contributed by atoms with van der Waals surface area (Å²) in [5.74, 6) is 4.00. The van der Waals surface area contributed by atoms with Crippen molar-refractivity contribution >= 4 is 18.0 Å². The van der Waals surface area contributed by atoms with Gasteiger partial charge in [0.15, 0.2) is 17.6 Å². The van der Waals surface area contributed by atoms with Crippen molar-refractivity contribution in [1.82, 2.24) is 0 Å². The third-order valence-electron chi connectivity index (χ3n) is 8.40. The number of benzene rings is 3. The Hall–Kier alpha value is -6.16. The molecular formula is C48H58O10. The smallest absolute Gasteiger partial charge is 0.330 e. The van der Waals surface area contributed by atoms with E-state index < -0.39 is 12.1 Å². The van der Waals surface area contributed by atoms with Crippen molar-refractivity contribution in [1.29, 1.82) is 0 Å². The zero-order chi connectivity index (χ0) is 42.0. The molecular weight excluding hydrogens is 737 g/mol. The van der Waals surface area contributed by atoms with Gasteiger partial charge in [0, 0.05) is 17.7 Å². The van der Waals surface area contributed by atoms with E-state index in [-0.39, 0.29) is 17.5 Å². The van der Waals surface area contributed by atoms with Crippen molar-refractivity contribution in [2.24, 2.45) is 0 Å². The summed E-state index contributed by atoms with van der Waals surface area (Å²) >= 11 is 0. The van der Waals surface area contributed by atoms with Gasteiger partial charge in [-0.1, -0.05) is 52.0 Å². The van der Waals surface area contributed by atoms with Gasteiger partial charge in [-0.15, -0.1) is 0 Å². The molecule has 3 aromatic carbocycles. The lowest BCUT2D eigenvalue weighted by atomic mass is 10.1. The average molecular weight is 795 g/mol. The van der Waals surface area contributed by atoms with Gasteiger partial charge in [0.25, 0.3) is 0 Å². The van der Waals surface area contributed by atoms with Crippen LogP contribution in [0.2, 0.25) is 0 Å². The fourth-order valence-electron chi connectivity index (χ4n) is 5.13. The SMILES string of the molecule is C=CC(=O)OCCCCCCOc1ccc(OC(=C)C(=C)Oc2ccc(OC(=C)C(C)Oc3ccc(OCCCCCCOC(=O)C=C)cc3)cc2/C=C\CC)cc1. The van der Waals surface area contributed by atoms with E-state index >= 15 is 0 Å². The van der Waals surface area contributed by atoms with Crippen LogP contribution in [0.3, 0.4) is 0 Å². The van der Waals surface area contributed by atoms with Crippen molar-refractivity contribution in [2.45, 2.75) is 77.7 Å². The van der Waals surface area contributed by atoms with Gasteiger partial charge < -0.3 is 37.9 Å². The second-order valence-corrected chi connectivity index (χ2v) is 13.1. The molecule has 1 atom stereocenters. The highest BCUT2D eigenvalue weighted by molar-refractivity contribution is 5.81. The first-order valence-corrected chi connectivity index (χ1v) is 19.7. The summed E-state index contributed by atoms with van der Waals surface area (Å²) in [6, 6.07) is 20.1. The van der Waals surface area contributed by atoms with Crippen LogP contribution >= 0.6 is 0 Å². The highest BCUT2D eigenvalue weighted by atomic mass is 16.5. The number of ether oxygens (including phenoxy) is 8. The third-order valence-corrected chi connectivity index (χ3v) is 8.40. The molecule has 0 saturated heterocycles. The highest BCUT2D eigenvalue weighted by Crippen LogP contribution is 2.31. The molecule has 10 heteroatoms. The van der Waals surface area contributed by atoms with Gasteiger partial charge in [0.1, 0.15) is 40.3 Å². The highest BCUT2D eigenvalue weighted by Gasteiger charge is 2.15. The summed E-state index contributed by atoms with van der Waals surface area (Å²) in [5.41, 5.74) is 0.775. The molecule has 310 valence electrons. The summed E-state index contributed by atoms with van der Waals surface area (Å²) in [4.78, 5) is 22.2. The topological polar surface area (TPSA) is 108 Å². The number of carbonyl (C=O) groups excluding carboxylic acids is 2. The van der Waals surface area contributed by atoms with Crippen LogP contribution in [0.25, 0.3) is 6.08 Å². The zero-order valence-corrected chi connectivity index (χ0v) is 34.0. The van der Waals surface area contributed by atoms with Crippen LogP contribution in [-0.2, 0) is 19.1 Å². The maximum absolute atomic E-state index is 11.1. The minimum absolute atomic E-state index is 0.253. The summed E-state index contributed by atoms with van der Waals surface area (Å²) < 4.78 is 45.9. The maximum atomic E-state index is 11.1. The van der Waals surface area contributed by atoms with E-state index in [1.807, 2.05) is 68.5 Å². The Kier molecular flexibility index (Phi) is 21.2. The Bertz CT molecular complexity index is 1810. The van der Waals surface area contributed by atoms with Crippen LogP contribution in [0.5, 0.6) is 34.5 Å². The fraction of sp³-hybridized carbons (Fsp3) is 0.333. The fourth-order valence-corrected chi connectivity index (χ4v) is 5.13. The van der Waals surface area contributed by atoms with E-state index in [1.165, 1.54) is 12.2 Å². The number of hydrogen-bond acceptors (Lipinski definition) is 10. The summed E-state index contributed by atoms with van der Waals surface area (Å²) in [7, 11) is 0. The molecule has 10 nitrogen and oxygen atoms in total. The van der Waals surface area contributed by atoms with Crippen LogP contribution in [0, 0.1) is 0 Å². The van der Waals surface area contributed by atoms with Crippen LogP contribution in [-0.4, -0.2) is 44.5 Å². The number of unbranched alkanes of at least 4 members (excludes halogenated alkanes) is 6. The molecule has 0 heterocycles. The maximum Gasteiger partial charge on any atom is 0.330 e. The molecule has 0 aliphatic heterocycles. The van der Waals surface area contributed by atoms with Crippen molar-refractivity contribution in [2.75, 3.05) is 26.4 Å². The lowest BCUT2D eigenvalue weighted by Gasteiger charge is -2.19. The molecule has 0 saturated carbocycles. The molecule has 3 aromatic rings. The summed E-state index contributed by atoms with van der Waals surface area (Å²) in [6.07, 6.45) is 14.0. The summed E-state index contributed by atoms with van der Waals surface area (Å²) in [5, 5.41) is 0. The molecule has 0 amide bonds. The van der Waals surface area contributed by atoms with E-state index in [4.69, 9.17) is 37.9 Å². The number of allylic oxidation sites excluding steroid dienone is 1. The van der Waals surface area contributed by atoms with Crippen molar-refractivity contribution in [3.05, 3.63) is 141 Å². The number of esters is 2. The van der Waals surface area contributed by atoms with Crippen molar-refractivity contribution in [3.63, 3.8) is 0 Å². The minimum Gasteiger partial charge on any atom is -0.494 e. The largest absolute Gasteiger partial charge is 0.494 e. The standard InChI is InChI=1S/C48H58O10/c1-8-11-20-40-35-45(57-37(5)36(4)55-43-25-21-41(22-26-43)51-31-16-12-14-18-33-53-47(49)9-2)29-30-46(40)58-39(7)38(6)56-44-27-23-42(24-28-44)52-32-17-13-15-19-34-54-48(50)10-3/h9-11,20-30,35-36H,2-3,5-8,12-19,31-34H2,1,4H3/b20-11-. The molecule has 3 rings (SSSR count). The van der Waals surface area contributed by atoms with Gasteiger partial charge in [0.2, 0.25) is 0 Å². The number of rotatable bonds is 30. The molecule has 0 N–H and O–H groups in total.